The summed E-state index contributed by atoms with van der Waals surface area (Å²) in [5.41, 5.74) is 5.35. The summed E-state index contributed by atoms with van der Waals surface area (Å²) in [5, 5.41) is 9.78. The summed E-state index contributed by atoms with van der Waals surface area (Å²) in [6, 6.07) is 3.80. The van der Waals surface area contributed by atoms with Crippen molar-refractivity contribution in [2.75, 3.05) is 24.5 Å². The molecule has 2 saturated heterocycles. The number of aryl methyl sites for hydroxylation is 1. The van der Waals surface area contributed by atoms with Gasteiger partial charge in [0.15, 0.2) is 5.75 Å². The third kappa shape index (κ3) is 3.90. The van der Waals surface area contributed by atoms with Gasteiger partial charge in [0.05, 0.1) is 17.2 Å². The van der Waals surface area contributed by atoms with E-state index in [1.165, 1.54) is 0 Å². The van der Waals surface area contributed by atoms with Crippen LogP contribution in [0, 0.1) is 12.3 Å². The monoisotopic (exact) mass is 402 g/mol. The Kier molecular flexibility index (Phi) is 5.38. The lowest BCUT2D eigenvalue weighted by atomic mass is 9.78. The van der Waals surface area contributed by atoms with E-state index in [2.05, 4.69) is 14.8 Å². The van der Waals surface area contributed by atoms with Crippen LogP contribution in [0.2, 0.25) is 0 Å². The molecule has 1 aliphatic carbocycles. The van der Waals surface area contributed by atoms with E-state index in [4.69, 9.17) is 10.5 Å². The van der Waals surface area contributed by atoms with Crippen LogP contribution < -0.4 is 15.4 Å². The van der Waals surface area contributed by atoms with Crippen LogP contribution in [0.3, 0.4) is 0 Å². The van der Waals surface area contributed by atoms with Crippen molar-refractivity contribution in [2.45, 2.75) is 64.0 Å². The lowest BCUT2D eigenvalue weighted by Crippen LogP contribution is -2.50. The second-order valence-corrected chi connectivity index (χ2v) is 8.69. The first-order valence-corrected chi connectivity index (χ1v) is 10.6. The molecule has 3 aliphatic rings. The van der Waals surface area contributed by atoms with Gasteiger partial charge in [-0.2, -0.15) is 0 Å². The number of anilines is 1. The summed E-state index contributed by atoms with van der Waals surface area (Å²) in [7, 11) is 0. The Balaban J connectivity index is 1.47. The quantitative estimate of drug-likeness (QED) is 0.800. The first-order chi connectivity index (χ1) is 13.9. The molecule has 8 nitrogen and oxygen atoms in total. The van der Waals surface area contributed by atoms with E-state index in [0.717, 1.165) is 63.9 Å². The molecule has 3 fully saturated rings. The van der Waals surface area contributed by atoms with Crippen LogP contribution in [0.1, 0.15) is 50.6 Å². The lowest BCUT2D eigenvalue weighted by Gasteiger charge is -2.41. The second-order valence-electron chi connectivity index (χ2n) is 8.69. The SMILES string of the molecule is Cc1nc(N2CCC[C@@]3(CCN(C4CCC(O)CC4)C3=O)C2)ccc1OC(N)=O. The Morgan fingerprint density at radius 1 is 1.24 bits per heavy atom. The van der Waals surface area contributed by atoms with Gasteiger partial charge in [-0.05, 0) is 64.0 Å². The molecule has 2 aliphatic heterocycles. The predicted molar refractivity (Wildman–Crippen MR) is 108 cm³/mol. The minimum absolute atomic E-state index is 0.209. The Labute approximate surface area is 171 Å². The molecule has 4 rings (SSSR count). The van der Waals surface area contributed by atoms with E-state index in [9.17, 15) is 14.7 Å². The Bertz CT molecular complexity index is 793. The number of aromatic nitrogens is 1. The highest BCUT2D eigenvalue weighted by Crippen LogP contribution is 2.43. The number of nitrogens with zero attached hydrogens (tertiary/aromatic N) is 3. The van der Waals surface area contributed by atoms with Crippen LogP contribution in [0.5, 0.6) is 5.75 Å². The van der Waals surface area contributed by atoms with Crippen molar-refractivity contribution >= 4 is 17.8 Å². The van der Waals surface area contributed by atoms with E-state index >= 15 is 0 Å². The van der Waals surface area contributed by atoms with Gasteiger partial charge < -0.3 is 25.4 Å². The van der Waals surface area contributed by atoms with Gasteiger partial charge in [0.1, 0.15) is 5.82 Å². The minimum atomic E-state index is -0.855. The van der Waals surface area contributed by atoms with Gasteiger partial charge in [0.2, 0.25) is 5.91 Å². The number of piperidine rings is 1. The zero-order valence-corrected chi connectivity index (χ0v) is 17.0. The zero-order chi connectivity index (χ0) is 20.6. The number of hydrogen-bond acceptors (Lipinski definition) is 6. The zero-order valence-electron chi connectivity index (χ0n) is 17.0. The van der Waals surface area contributed by atoms with Gasteiger partial charge in [0.25, 0.3) is 0 Å². The number of nitrogens with two attached hydrogens (primary N) is 1. The molecule has 0 radical (unpaired) electrons. The van der Waals surface area contributed by atoms with Crippen molar-refractivity contribution in [2.24, 2.45) is 11.1 Å². The van der Waals surface area contributed by atoms with E-state index in [-0.39, 0.29) is 23.5 Å². The fourth-order valence-electron chi connectivity index (χ4n) is 5.20. The second kappa shape index (κ2) is 7.82. The number of amides is 2. The van der Waals surface area contributed by atoms with Crippen LogP contribution >= 0.6 is 0 Å². The van der Waals surface area contributed by atoms with Gasteiger partial charge in [-0.15, -0.1) is 0 Å². The Morgan fingerprint density at radius 2 is 2.00 bits per heavy atom. The van der Waals surface area contributed by atoms with E-state index in [1.807, 2.05) is 6.07 Å². The van der Waals surface area contributed by atoms with Crippen molar-refractivity contribution in [1.82, 2.24) is 9.88 Å². The number of carbonyl (C=O) groups is 2. The average molecular weight is 402 g/mol. The van der Waals surface area contributed by atoms with E-state index in [1.54, 1.807) is 13.0 Å². The summed E-state index contributed by atoms with van der Waals surface area (Å²) >= 11 is 0. The summed E-state index contributed by atoms with van der Waals surface area (Å²) in [5.74, 6) is 1.43. The number of rotatable bonds is 3. The molecular weight excluding hydrogens is 372 g/mol. The molecule has 1 atom stereocenters. The maximum atomic E-state index is 13.4. The molecule has 0 bridgehead atoms. The fourth-order valence-corrected chi connectivity index (χ4v) is 5.20. The van der Waals surface area contributed by atoms with Crippen molar-refractivity contribution in [3.8, 4) is 5.75 Å². The fraction of sp³-hybridized carbons (Fsp3) is 0.667. The topological polar surface area (TPSA) is 109 Å². The molecular formula is C21H30N4O4. The van der Waals surface area contributed by atoms with E-state index < -0.39 is 6.09 Å². The number of pyridine rings is 1. The number of likely N-dealkylation sites (tertiary alicyclic amines) is 1. The molecule has 158 valence electrons. The van der Waals surface area contributed by atoms with Crippen molar-refractivity contribution in [1.29, 1.82) is 0 Å². The summed E-state index contributed by atoms with van der Waals surface area (Å²) in [4.78, 5) is 33.3. The third-order valence-corrected chi connectivity index (χ3v) is 6.79. The molecule has 1 aromatic rings. The molecule has 3 N–H and O–H groups in total. The van der Waals surface area contributed by atoms with E-state index in [0.29, 0.717) is 18.0 Å². The number of carbonyl (C=O) groups excluding carboxylic acids is 2. The van der Waals surface area contributed by atoms with Gasteiger partial charge in [-0.25, -0.2) is 9.78 Å². The largest absolute Gasteiger partial charge is 0.410 e. The summed E-state index contributed by atoms with van der Waals surface area (Å²) < 4.78 is 4.97. The number of aliphatic hydroxyl groups excluding tert-OH is 1. The number of hydrogen-bond donors (Lipinski definition) is 2. The standard InChI is InChI=1S/C21H30N4O4/c1-14-17(29-20(22)28)7-8-18(23-14)24-11-2-9-21(13-24)10-12-25(19(21)27)15-3-5-16(26)6-4-15/h7-8,15-16,26H,2-6,9-13H2,1H3,(H2,22,28)/t15?,16?,21-/m1/s1. The molecule has 1 spiro atoms. The van der Waals surface area contributed by atoms with Crippen molar-refractivity contribution in [3.05, 3.63) is 17.8 Å². The average Bonchev–Trinajstić information content (AvgIpc) is 3.00. The minimum Gasteiger partial charge on any atom is -0.409 e. The van der Waals surface area contributed by atoms with Crippen LogP contribution in [0.4, 0.5) is 10.6 Å². The number of primary amides is 1. The summed E-state index contributed by atoms with van der Waals surface area (Å²) in [6.45, 7) is 4.11. The highest BCUT2D eigenvalue weighted by molar-refractivity contribution is 5.86. The maximum Gasteiger partial charge on any atom is 0.410 e. The third-order valence-electron chi connectivity index (χ3n) is 6.79. The molecule has 1 aromatic heterocycles. The van der Waals surface area contributed by atoms with Crippen molar-refractivity contribution < 1.29 is 19.4 Å². The summed E-state index contributed by atoms with van der Waals surface area (Å²) in [6.07, 6.45) is 5.05. The molecule has 8 heteroatoms. The first kappa shape index (κ1) is 19.9. The van der Waals surface area contributed by atoms with Gasteiger partial charge in [0, 0.05) is 25.7 Å². The highest BCUT2D eigenvalue weighted by Gasteiger charge is 2.50. The predicted octanol–water partition coefficient (Wildman–Crippen LogP) is 1.97. The molecule has 0 unspecified atom stereocenters. The normalized spacial score (nSPS) is 30.1. The van der Waals surface area contributed by atoms with Crippen LogP contribution in [-0.2, 0) is 4.79 Å². The Morgan fingerprint density at radius 3 is 2.69 bits per heavy atom. The van der Waals surface area contributed by atoms with Crippen LogP contribution in [0.25, 0.3) is 0 Å². The highest BCUT2D eigenvalue weighted by atomic mass is 16.5. The smallest absolute Gasteiger partial charge is 0.409 e. The van der Waals surface area contributed by atoms with Crippen LogP contribution in [-0.4, -0.2) is 58.8 Å². The van der Waals surface area contributed by atoms with Gasteiger partial charge in [-0.1, -0.05) is 0 Å². The number of ether oxygens (including phenoxy) is 1. The lowest BCUT2D eigenvalue weighted by molar-refractivity contribution is -0.139. The Hall–Kier alpha value is -2.35. The van der Waals surface area contributed by atoms with Gasteiger partial charge >= 0.3 is 6.09 Å². The van der Waals surface area contributed by atoms with Crippen LogP contribution in [0.15, 0.2) is 12.1 Å². The van der Waals surface area contributed by atoms with Crippen molar-refractivity contribution in [3.63, 3.8) is 0 Å². The van der Waals surface area contributed by atoms with Gasteiger partial charge in [-0.3, -0.25) is 4.79 Å². The molecule has 1 saturated carbocycles. The molecule has 0 aromatic carbocycles. The first-order valence-electron chi connectivity index (χ1n) is 10.6. The molecule has 29 heavy (non-hydrogen) atoms. The maximum absolute atomic E-state index is 13.4. The number of aliphatic hydroxyl groups is 1. The molecule has 2 amide bonds. The molecule has 3 heterocycles.